The summed E-state index contributed by atoms with van der Waals surface area (Å²) in [5.41, 5.74) is 2.63. The number of fused-ring (bicyclic) bond motifs is 1. The molecule has 16 heavy (non-hydrogen) atoms. The molecule has 0 aromatic rings. The third kappa shape index (κ3) is 1.87. The summed E-state index contributed by atoms with van der Waals surface area (Å²) < 4.78 is 1.26. The molecule has 0 bridgehead atoms. The molecule has 2 fully saturated rings. The summed E-state index contributed by atoms with van der Waals surface area (Å²) in [6, 6.07) is 0. The van der Waals surface area contributed by atoms with Crippen molar-refractivity contribution in [1.82, 2.24) is 0 Å². The Labute approximate surface area is 114 Å². The first kappa shape index (κ1) is 12.9. The normalized spacial score (nSPS) is 42.9. The molecule has 0 N–H and O–H groups in total. The van der Waals surface area contributed by atoms with Gasteiger partial charge in [0.05, 0.1) is 0 Å². The van der Waals surface area contributed by atoms with Crippen molar-refractivity contribution in [3.63, 3.8) is 0 Å². The Bertz CT molecular complexity index is 292. The van der Waals surface area contributed by atoms with E-state index in [0.717, 1.165) is 11.8 Å². The number of hydrogen-bond acceptors (Lipinski definition) is 0. The van der Waals surface area contributed by atoms with Gasteiger partial charge in [-0.25, -0.2) is 0 Å². The van der Waals surface area contributed by atoms with Crippen molar-refractivity contribution >= 4 is 22.6 Å². The molecule has 0 spiro atoms. The molecule has 0 saturated heterocycles. The average molecular weight is 332 g/mol. The second-order valence-corrected chi connectivity index (χ2v) is 7.69. The van der Waals surface area contributed by atoms with Gasteiger partial charge in [0.2, 0.25) is 0 Å². The van der Waals surface area contributed by atoms with Crippen LogP contribution in [0.25, 0.3) is 0 Å². The van der Waals surface area contributed by atoms with Gasteiger partial charge >= 0.3 is 0 Å². The fourth-order valence-corrected chi connectivity index (χ4v) is 6.19. The van der Waals surface area contributed by atoms with E-state index in [1.807, 2.05) is 0 Å². The molecular formula is C15H25I. The van der Waals surface area contributed by atoms with Crippen LogP contribution in [0.2, 0.25) is 0 Å². The first-order valence-corrected chi connectivity index (χ1v) is 8.18. The van der Waals surface area contributed by atoms with Gasteiger partial charge in [-0.05, 0) is 48.3 Å². The lowest BCUT2D eigenvalue weighted by molar-refractivity contribution is -0.0447. The number of hydrogen-bond donors (Lipinski definition) is 0. The molecule has 1 heteroatoms. The Kier molecular flexibility index (Phi) is 3.46. The van der Waals surface area contributed by atoms with Crippen molar-refractivity contribution in [3.05, 3.63) is 12.2 Å². The van der Waals surface area contributed by atoms with E-state index in [2.05, 4.69) is 49.9 Å². The van der Waals surface area contributed by atoms with Crippen molar-refractivity contribution < 1.29 is 0 Å². The van der Waals surface area contributed by atoms with Crippen LogP contribution in [0.1, 0.15) is 52.9 Å². The number of alkyl halides is 1. The molecular weight excluding hydrogens is 307 g/mol. The zero-order valence-electron chi connectivity index (χ0n) is 11.0. The topological polar surface area (TPSA) is 0 Å². The predicted molar refractivity (Wildman–Crippen MR) is 80.0 cm³/mol. The molecule has 0 unspecified atom stereocenters. The Hall–Kier alpha value is 0.470. The number of rotatable bonds is 1. The lowest BCUT2D eigenvalue weighted by Gasteiger charge is -2.57. The average Bonchev–Trinajstić information content (AvgIpc) is 2.15. The van der Waals surface area contributed by atoms with E-state index in [0.29, 0.717) is 10.8 Å². The molecule has 2 aliphatic carbocycles. The van der Waals surface area contributed by atoms with E-state index in [1.54, 1.807) is 0 Å². The van der Waals surface area contributed by atoms with Crippen LogP contribution < -0.4 is 0 Å². The molecule has 92 valence electrons. The highest BCUT2D eigenvalue weighted by molar-refractivity contribution is 14.1. The molecule has 2 saturated carbocycles. The lowest BCUT2D eigenvalue weighted by atomic mass is 9.48. The molecule has 0 heterocycles. The second-order valence-electron chi connectivity index (χ2n) is 6.80. The standard InChI is InChI=1S/C15H25I/c1-11-6-7-13-14(2,3)8-5-9-15(13,4)12(11)10-16/h12-13H,1,5-10H2,2-4H3/t12-,13-,15+/m0/s1. The summed E-state index contributed by atoms with van der Waals surface area (Å²) >= 11 is 2.57. The van der Waals surface area contributed by atoms with E-state index in [1.165, 1.54) is 42.1 Å². The van der Waals surface area contributed by atoms with Crippen LogP contribution >= 0.6 is 22.6 Å². The highest BCUT2D eigenvalue weighted by Gasteiger charge is 2.52. The van der Waals surface area contributed by atoms with Gasteiger partial charge in [0.1, 0.15) is 0 Å². The first-order valence-electron chi connectivity index (χ1n) is 6.65. The van der Waals surface area contributed by atoms with Gasteiger partial charge in [-0.1, -0.05) is 61.9 Å². The van der Waals surface area contributed by atoms with Crippen LogP contribution in [0.3, 0.4) is 0 Å². The summed E-state index contributed by atoms with van der Waals surface area (Å²) in [5, 5.41) is 0. The minimum absolute atomic E-state index is 0.540. The SMILES string of the molecule is C=C1CC[C@H]2C(C)(C)CCC[C@]2(C)[C@H]1CI. The van der Waals surface area contributed by atoms with Crippen molar-refractivity contribution in [2.24, 2.45) is 22.7 Å². The van der Waals surface area contributed by atoms with Gasteiger partial charge in [-0.15, -0.1) is 0 Å². The van der Waals surface area contributed by atoms with Gasteiger partial charge in [0.25, 0.3) is 0 Å². The quantitative estimate of drug-likeness (QED) is 0.351. The maximum atomic E-state index is 4.35. The number of halogens is 1. The van der Waals surface area contributed by atoms with Crippen LogP contribution in [-0.2, 0) is 0 Å². The van der Waals surface area contributed by atoms with Crippen LogP contribution in [-0.4, -0.2) is 4.43 Å². The van der Waals surface area contributed by atoms with Crippen LogP contribution in [0.4, 0.5) is 0 Å². The predicted octanol–water partition coefficient (Wildman–Crippen LogP) is 5.22. The maximum absolute atomic E-state index is 4.35. The minimum Gasteiger partial charge on any atom is -0.0995 e. The van der Waals surface area contributed by atoms with E-state index in [4.69, 9.17) is 0 Å². The fourth-order valence-electron chi connectivity index (χ4n) is 4.56. The van der Waals surface area contributed by atoms with E-state index in [-0.39, 0.29) is 0 Å². The van der Waals surface area contributed by atoms with Crippen molar-refractivity contribution in [2.45, 2.75) is 52.9 Å². The zero-order chi connectivity index (χ0) is 12.0. The van der Waals surface area contributed by atoms with E-state index in [9.17, 15) is 0 Å². The Morgan fingerprint density at radius 2 is 2.00 bits per heavy atom. The van der Waals surface area contributed by atoms with Gasteiger partial charge in [-0.2, -0.15) is 0 Å². The Morgan fingerprint density at radius 3 is 2.62 bits per heavy atom. The van der Waals surface area contributed by atoms with Gasteiger partial charge in [-0.3, -0.25) is 0 Å². The molecule has 0 radical (unpaired) electrons. The second kappa shape index (κ2) is 4.29. The van der Waals surface area contributed by atoms with Crippen molar-refractivity contribution in [2.75, 3.05) is 4.43 Å². The van der Waals surface area contributed by atoms with Crippen LogP contribution in [0.15, 0.2) is 12.2 Å². The minimum atomic E-state index is 0.540. The molecule has 0 aromatic heterocycles. The third-order valence-corrected chi connectivity index (χ3v) is 6.35. The van der Waals surface area contributed by atoms with Crippen LogP contribution in [0, 0.1) is 22.7 Å². The van der Waals surface area contributed by atoms with Crippen molar-refractivity contribution in [1.29, 1.82) is 0 Å². The highest BCUT2D eigenvalue weighted by Crippen LogP contribution is 2.60. The molecule has 0 nitrogen and oxygen atoms in total. The zero-order valence-corrected chi connectivity index (χ0v) is 13.1. The maximum Gasteiger partial charge on any atom is 0.00662 e. The highest BCUT2D eigenvalue weighted by atomic mass is 127. The molecule has 0 aliphatic heterocycles. The summed E-state index contributed by atoms with van der Waals surface area (Å²) in [5.74, 6) is 1.69. The van der Waals surface area contributed by atoms with Gasteiger partial charge in [0.15, 0.2) is 0 Å². The summed E-state index contributed by atoms with van der Waals surface area (Å²) in [6.07, 6.45) is 6.93. The summed E-state index contributed by atoms with van der Waals surface area (Å²) in [7, 11) is 0. The molecule has 2 rings (SSSR count). The summed E-state index contributed by atoms with van der Waals surface area (Å²) in [6.45, 7) is 11.9. The smallest absolute Gasteiger partial charge is 0.00662 e. The van der Waals surface area contributed by atoms with Crippen LogP contribution in [0.5, 0.6) is 0 Å². The van der Waals surface area contributed by atoms with E-state index < -0.39 is 0 Å². The summed E-state index contributed by atoms with van der Waals surface area (Å²) in [4.78, 5) is 0. The molecule has 3 atom stereocenters. The first-order chi connectivity index (χ1) is 7.42. The Balaban J connectivity index is 2.34. The number of allylic oxidation sites excluding steroid dienone is 1. The molecule has 0 aromatic carbocycles. The largest absolute Gasteiger partial charge is 0.0995 e. The van der Waals surface area contributed by atoms with E-state index >= 15 is 0 Å². The Morgan fingerprint density at radius 1 is 1.31 bits per heavy atom. The molecule has 2 aliphatic rings. The van der Waals surface area contributed by atoms with Crippen molar-refractivity contribution in [3.8, 4) is 0 Å². The lowest BCUT2D eigenvalue weighted by Crippen LogP contribution is -2.49. The van der Waals surface area contributed by atoms with Gasteiger partial charge in [0, 0.05) is 4.43 Å². The van der Waals surface area contributed by atoms with Gasteiger partial charge < -0.3 is 0 Å². The third-order valence-electron chi connectivity index (χ3n) is 5.47. The fraction of sp³-hybridized carbons (Fsp3) is 0.867. The monoisotopic (exact) mass is 332 g/mol. The molecule has 0 amide bonds.